The molecule has 70 valence electrons. The standard InChI is InChI=1S/C8H6BNO4/c10-4-5-2-1-3-6(8(11)12)7(5)9(13)14/h1-3,13-14H,(H,11,12). The quantitative estimate of drug-likeness (QED) is 0.517. The van der Waals surface area contributed by atoms with Gasteiger partial charge in [0.1, 0.15) is 0 Å². The van der Waals surface area contributed by atoms with Crippen LogP contribution in [-0.2, 0) is 0 Å². The summed E-state index contributed by atoms with van der Waals surface area (Å²) in [4.78, 5) is 10.7. The van der Waals surface area contributed by atoms with Crippen LogP contribution in [-0.4, -0.2) is 28.2 Å². The number of carbonyl (C=O) groups is 1. The topological polar surface area (TPSA) is 102 Å². The summed E-state index contributed by atoms with van der Waals surface area (Å²) in [7, 11) is -1.96. The third-order valence-electron chi connectivity index (χ3n) is 1.72. The van der Waals surface area contributed by atoms with Gasteiger partial charge in [-0.15, -0.1) is 0 Å². The predicted molar refractivity (Wildman–Crippen MR) is 47.9 cm³/mol. The van der Waals surface area contributed by atoms with Crippen molar-refractivity contribution in [1.82, 2.24) is 0 Å². The molecule has 3 N–H and O–H groups in total. The Morgan fingerprint density at radius 1 is 1.43 bits per heavy atom. The zero-order valence-electron chi connectivity index (χ0n) is 7.01. The van der Waals surface area contributed by atoms with Crippen molar-refractivity contribution < 1.29 is 19.9 Å². The van der Waals surface area contributed by atoms with Gasteiger partial charge < -0.3 is 15.2 Å². The molecule has 0 aliphatic rings. The number of carboxylic acid groups (broad SMARTS) is 1. The van der Waals surface area contributed by atoms with E-state index in [-0.39, 0.29) is 16.6 Å². The number of benzene rings is 1. The molecule has 0 aliphatic carbocycles. The Morgan fingerprint density at radius 3 is 2.50 bits per heavy atom. The van der Waals surface area contributed by atoms with Gasteiger partial charge in [-0.05, 0) is 12.1 Å². The van der Waals surface area contributed by atoms with Gasteiger partial charge in [0.05, 0.1) is 17.2 Å². The van der Waals surface area contributed by atoms with E-state index in [0.29, 0.717) is 0 Å². The van der Waals surface area contributed by atoms with Crippen LogP contribution in [0.2, 0.25) is 0 Å². The summed E-state index contributed by atoms with van der Waals surface area (Å²) < 4.78 is 0. The van der Waals surface area contributed by atoms with E-state index in [1.807, 2.05) is 0 Å². The zero-order valence-corrected chi connectivity index (χ0v) is 7.01. The maximum absolute atomic E-state index is 10.7. The fourth-order valence-electron chi connectivity index (χ4n) is 1.13. The lowest BCUT2D eigenvalue weighted by atomic mass is 9.74. The third-order valence-corrected chi connectivity index (χ3v) is 1.72. The predicted octanol–water partition coefficient (Wildman–Crippen LogP) is -1.06. The molecular formula is C8H6BNO4. The summed E-state index contributed by atoms with van der Waals surface area (Å²) in [5.41, 5.74) is -0.610. The molecule has 1 aromatic rings. The van der Waals surface area contributed by atoms with Crippen molar-refractivity contribution >= 4 is 18.6 Å². The molecule has 0 amide bonds. The Balaban J connectivity index is 3.45. The van der Waals surface area contributed by atoms with Gasteiger partial charge in [0.2, 0.25) is 0 Å². The molecule has 6 heteroatoms. The van der Waals surface area contributed by atoms with Gasteiger partial charge >= 0.3 is 13.1 Å². The Morgan fingerprint density at radius 2 is 2.07 bits per heavy atom. The number of nitriles is 1. The zero-order chi connectivity index (χ0) is 10.7. The fourth-order valence-corrected chi connectivity index (χ4v) is 1.13. The summed E-state index contributed by atoms with van der Waals surface area (Å²) >= 11 is 0. The Labute approximate surface area is 80.0 Å². The smallest absolute Gasteiger partial charge is 0.478 e. The summed E-state index contributed by atoms with van der Waals surface area (Å²) in [5, 5.41) is 35.1. The molecule has 1 aromatic carbocycles. The summed E-state index contributed by atoms with van der Waals surface area (Å²) in [6.07, 6.45) is 0. The first-order chi connectivity index (χ1) is 6.57. The van der Waals surface area contributed by atoms with E-state index in [1.54, 1.807) is 6.07 Å². The number of aromatic carboxylic acids is 1. The van der Waals surface area contributed by atoms with Crippen LogP contribution in [0.5, 0.6) is 0 Å². The second kappa shape index (κ2) is 3.92. The number of carboxylic acids is 1. The summed E-state index contributed by atoms with van der Waals surface area (Å²) in [5.74, 6) is -1.30. The molecule has 0 bridgehead atoms. The highest BCUT2D eigenvalue weighted by atomic mass is 16.4. The minimum absolute atomic E-state index is 0.0556. The molecule has 0 saturated carbocycles. The lowest BCUT2D eigenvalue weighted by Gasteiger charge is -2.05. The molecule has 1 rings (SSSR count). The average molecular weight is 191 g/mol. The van der Waals surface area contributed by atoms with Gasteiger partial charge in [-0.3, -0.25) is 0 Å². The maximum atomic E-state index is 10.7. The normalized spacial score (nSPS) is 9.21. The molecule has 0 radical (unpaired) electrons. The molecule has 14 heavy (non-hydrogen) atoms. The first-order valence-corrected chi connectivity index (χ1v) is 3.70. The molecule has 0 spiro atoms. The maximum Gasteiger partial charge on any atom is 0.490 e. The highest BCUT2D eigenvalue weighted by molar-refractivity contribution is 6.61. The van der Waals surface area contributed by atoms with Gasteiger partial charge in [-0.1, -0.05) is 6.07 Å². The van der Waals surface area contributed by atoms with Crippen LogP contribution in [0.1, 0.15) is 15.9 Å². The highest BCUT2D eigenvalue weighted by Crippen LogP contribution is 2.02. The number of rotatable bonds is 2. The highest BCUT2D eigenvalue weighted by Gasteiger charge is 2.23. The van der Waals surface area contributed by atoms with Crippen molar-refractivity contribution in [3.63, 3.8) is 0 Å². The molecule has 0 aliphatic heterocycles. The first-order valence-electron chi connectivity index (χ1n) is 3.70. The number of nitrogens with zero attached hydrogens (tertiary/aromatic N) is 1. The van der Waals surface area contributed by atoms with E-state index in [0.717, 1.165) is 0 Å². The molecule has 0 saturated heterocycles. The van der Waals surface area contributed by atoms with Gasteiger partial charge in [0.15, 0.2) is 0 Å². The van der Waals surface area contributed by atoms with Crippen molar-refractivity contribution in [3.8, 4) is 6.07 Å². The van der Waals surface area contributed by atoms with Crippen LogP contribution in [0.4, 0.5) is 0 Å². The van der Waals surface area contributed by atoms with Crippen molar-refractivity contribution in [1.29, 1.82) is 5.26 Å². The summed E-state index contributed by atoms with van der Waals surface area (Å²) in [6.45, 7) is 0. The van der Waals surface area contributed by atoms with Crippen LogP contribution in [0, 0.1) is 11.3 Å². The van der Waals surface area contributed by atoms with Gasteiger partial charge in [-0.2, -0.15) is 5.26 Å². The minimum Gasteiger partial charge on any atom is -0.478 e. The van der Waals surface area contributed by atoms with Crippen LogP contribution in [0.25, 0.3) is 0 Å². The van der Waals surface area contributed by atoms with Gasteiger partial charge in [-0.25, -0.2) is 4.79 Å². The second-order valence-corrected chi connectivity index (χ2v) is 2.56. The van der Waals surface area contributed by atoms with E-state index >= 15 is 0 Å². The Hall–Kier alpha value is -1.84. The number of hydrogen-bond donors (Lipinski definition) is 3. The third kappa shape index (κ3) is 1.74. The van der Waals surface area contributed by atoms with Crippen molar-refractivity contribution in [2.75, 3.05) is 0 Å². The second-order valence-electron chi connectivity index (χ2n) is 2.56. The lowest BCUT2D eigenvalue weighted by Crippen LogP contribution is -2.37. The lowest BCUT2D eigenvalue weighted by molar-refractivity contribution is 0.0697. The van der Waals surface area contributed by atoms with Crippen LogP contribution in [0.3, 0.4) is 0 Å². The fraction of sp³-hybridized carbons (Fsp3) is 0. The largest absolute Gasteiger partial charge is 0.490 e. The molecule has 5 nitrogen and oxygen atoms in total. The molecule has 0 aromatic heterocycles. The van der Waals surface area contributed by atoms with Crippen molar-refractivity contribution in [3.05, 3.63) is 29.3 Å². The summed E-state index contributed by atoms with van der Waals surface area (Å²) in [6, 6.07) is 5.58. The molecular weight excluding hydrogens is 185 g/mol. The van der Waals surface area contributed by atoms with Crippen LogP contribution in [0.15, 0.2) is 18.2 Å². The average Bonchev–Trinajstić information content (AvgIpc) is 2.16. The van der Waals surface area contributed by atoms with E-state index in [4.69, 9.17) is 20.4 Å². The van der Waals surface area contributed by atoms with Crippen LogP contribution >= 0.6 is 0 Å². The minimum atomic E-state index is -1.96. The van der Waals surface area contributed by atoms with Crippen molar-refractivity contribution in [2.45, 2.75) is 0 Å². The molecule has 0 atom stereocenters. The SMILES string of the molecule is N#Cc1cccc(C(=O)O)c1B(O)O. The molecule has 0 heterocycles. The van der Waals surface area contributed by atoms with Crippen LogP contribution < -0.4 is 5.46 Å². The molecule has 0 fully saturated rings. The Bertz CT molecular complexity index is 410. The monoisotopic (exact) mass is 191 g/mol. The van der Waals surface area contributed by atoms with E-state index < -0.39 is 13.1 Å². The first kappa shape index (κ1) is 10.2. The van der Waals surface area contributed by atoms with E-state index in [2.05, 4.69) is 0 Å². The Kier molecular flexibility index (Phi) is 2.87. The van der Waals surface area contributed by atoms with E-state index in [9.17, 15) is 4.79 Å². The van der Waals surface area contributed by atoms with E-state index in [1.165, 1.54) is 18.2 Å². The van der Waals surface area contributed by atoms with Gasteiger partial charge in [0, 0.05) is 5.46 Å². The molecule has 0 unspecified atom stereocenters. The number of hydrogen-bond acceptors (Lipinski definition) is 4. The van der Waals surface area contributed by atoms with Gasteiger partial charge in [0.25, 0.3) is 0 Å². The van der Waals surface area contributed by atoms with Crippen molar-refractivity contribution in [2.24, 2.45) is 0 Å².